The van der Waals surface area contributed by atoms with Crippen LogP contribution in [0.3, 0.4) is 0 Å². The Balaban J connectivity index is 2.01. The van der Waals surface area contributed by atoms with Gasteiger partial charge in [-0.15, -0.1) is 0 Å². The highest BCUT2D eigenvalue weighted by Crippen LogP contribution is 2.23. The van der Waals surface area contributed by atoms with Crippen molar-refractivity contribution >= 4 is 0 Å². The van der Waals surface area contributed by atoms with Crippen molar-refractivity contribution < 1.29 is 0 Å². The van der Waals surface area contributed by atoms with Crippen molar-refractivity contribution in [2.45, 2.75) is 58.9 Å². The van der Waals surface area contributed by atoms with E-state index in [1.165, 1.54) is 37.7 Å². The molecule has 2 rings (SSSR count). The Morgan fingerprint density at radius 1 is 1.17 bits per heavy atom. The maximum absolute atomic E-state index is 3.63. The van der Waals surface area contributed by atoms with Gasteiger partial charge in [-0.1, -0.05) is 39.0 Å². The molecule has 0 heterocycles. The van der Waals surface area contributed by atoms with E-state index in [0.717, 1.165) is 12.5 Å². The van der Waals surface area contributed by atoms with Gasteiger partial charge in [0, 0.05) is 6.04 Å². The van der Waals surface area contributed by atoms with Crippen molar-refractivity contribution in [1.82, 2.24) is 5.32 Å². The zero-order valence-corrected chi connectivity index (χ0v) is 12.1. The lowest BCUT2D eigenvalue weighted by molar-refractivity contribution is 0.424. The summed E-state index contributed by atoms with van der Waals surface area (Å²) in [5.41, 5.74) is 4.71. The monoisotopic (exact) mass is 245 g/mol. The van der Waals surface area contributed by atoms with Gasteiger partial charge in [0.15, 0.2) is 0 Å². The summed E-state index contributed by atoms with van der Waals surface area (Å²) in [4.78, 5) is 0. The topological polar surface area (TPSA) is 12.0 Å². The van der Waals surface area contributed by atoms with E-state index in [-0.39, 0.29) is 0 Å². The predicted molar refractivity (Wildman–Crippen MR) is 79.1 cm³/mol. The quantitative estimate of drug-likeness (QED) is 0.805. The molecule has 0 saturated heterocycles. The van der Waals surface area contributed by atoms with Crippen molar-refractivity contribution in [3.05, 3.63) is 34.9 Å². The standard InChI is InChI=1S/C17H27N/c1-4-18-17(10-13(2)3)12-14-8-9-15-6-5-7-16(15)11-14/h8-9,11,13,17-18H,4-7,10,12H2,1-3H3. The summed E-state index contributed by atoms with van der Waals surface area (Å²) in [6.45, 7) is 7.90. The lowest BCUT2D eigenvalue weighted by atomic mass is 9.95. The van der Waals surface area contributed by atoms with Crippen LogP contribution in [0.5, 0.6) is 0 Å². The molecule has 1 heteroatoms. The van der Waals surface area contributed by atoms with Crippen LogP contribution in [-0.2, 0) is 19.3 Å². The molecule has 1 aromatic carbocycles. The SMILES string of the molecule is CCNC(Cc1ccc2c(c1)CCC2)CC(C)C. The fourth-order valence-corrected chi connectivity index (χ4v) is 3.13. The Bertz CT molecular complexity index is 381. The Kier molecular flexibility index (Phi) is 4.82. The summed E-state index contributed by atoms with van der Waals surface area (Å²) in [6.07, 6.45) is 6.38. The van der Waals surface area contributed by atoms with Crippen LogP contribution in [0.15, 0.2) is 18.2 Å². The fraction of sp³-hybridized carbons (Fsp3) is 0.647. The predicted octanol–water partition coefficient (Wildman–Crippen LogP) is 3.74. The molecule has 1 atom stereocenters. The number of benzene rings is 1. The highest BCUT2D eigenvalue weighted by atomic mass is 14.9. The third kappa shape index (κ3) is 3.58. The molecule has 0 fully saturated rings. The van der Waals surface area contributed by atoms with Gasteiger partial charge in [0.1, 0.15) is 0 Å². The van der Waals surface area contributed by atoms with Gasteiger partial charge in [0.05, 0.1) is 0 Å². The highest BCUT2D eigenvalue weighted by Gasteiger charge is 2.14. The van der Waals surface area contributed by atoms with Gasteiger partial charge in [-0.05, 0) is 61.3 Å². The zero-order chi connectivity index (χ0) is 13.0. The first-order valence-electron chi connectivity index (χ1n) is 7.53. The largest absolute Gasteiger partial charge is 0.314 e. The van der Waals surface area contributed by atoms with E-state index in [2.05, 4.69) is 44.3 Å². The molecule has 0 saturated carbocycles. The molecule has 0 amide bonds. The van der Waals surface area contributed by atoms with Gasteiger partial charge in [-0.2, -0.15) is 0 Å². The molecule has 18 heavy (non-hydrogen) atoms. The van der Waals surface area contributed by atoms with Gasteiger partial charge in [0.25, 0.3) is 0 Å². The molecule has 1 unspecified atom stereocenters. The van der Waals surface area contributed by atoms with Gasteiger partial charge < -0.3 is 5.32 Å². The van der Waals surface area contributed by atoms with E-state index >= 15 is 0 Å². The Morgan fingerprint density at radius 3 is 2.67 bits per heavy atom. The number of likely N-dealkylation sites (N-methyl/N-ethyl adjacent to an activating group) is 1. The molecule has 0 radical (unpaired) electrons. The minimum absolute atomic E-state index is 0.634. The summed E-state index contributed by atoms with van der Waals surface area (Å²) in [5.74, 6) is 0.767. The second-order valence-corrected chi connectivity index (χ2v) is 6.04. The summed E-state index contributed by atoms with van der Waals surface area (Å²) < 4.78 is 0. The summed E-state index contributed by atoms with van der Waals surface area (Å²) >= 11 is 0. The minimum atomic E-state index is 0.634. The second kappa shape index (κ2) is 6.38. The van der Waals surface area contributed by atoms with E-state index in [4.69, 9.17) is 0 Å². The van der Waals surface area contributed by atoms with Gasteiger partial charge >= 0.3 is 0 Å². The summed E-state index contributed by atoms with van der Waals surface area (Å²) in [7, 11) is 0. The molecular formula is C17H27N. The number of rotatable bonds is 6. The normalized spacial score (nSPS) is 16.0. The van der Waals surface area contributed by atoms with Crippen molar-refractivity contribution in [2.75, 3.05) is 6.54 Å². The Hall–Kier alpha value is -0.820. The lowest BCUT2D eigenvalue weighted by Crippen LogP contribution is -2.32. The zero-order valence-electron chi connectivity index (χ0n) is 12.1. The van der Waals surface area contributed by atoms with Crippen LogP contribution in [-0.4, -0.2) is 12.6 Å². The first kappa shape index (κ1) is 13.6. The third-order valence-electron chi connectivity index (χ3n) is 3.89. The van der Waals surface area contributed by atoms with E-state index in [0.29, 0.717) is 6.04 Å². The molecule has 0 spiro atoms. The molecule has 0 aromatic heterocycles. The molecular weight excluding hydrogens is 218 g/mol. The molecule has 1 aliphatic rings. The van der Waals surface area contributed by atoms with Crippen molar-refractivity contribution in [3.63, 3.8) is 0 Å². The molecule has 1 N–H and O–H groups in total. The van der Waals surface area contributed by atoms with E-state index in [1.54, 1.807) is 11.1 Å². The number of hydrogen-bond donors (Lipinski definition) is 1. The van der Waals surface area contributed by atoms with E-state index in [9.17, 15) is 0 Å². The Labute approximate surface area is 112 Å². The Morgan fingerprint density at radius 2 is 1.94 bits per heavy atom. The first-order chi connectivity index (χ1) is 8.69. The molecule has 1 aromatic rings. The number of aryl methyl sites for hydroxylation is 2. The molecule has 1 aliphatic carbocycles. The van der Waals surface area contributed by atoms with Gasteiger partial charge in [-0.3, -0.25) is 0 Å². The van der Waals surface area contributed by atoms with E-state index in [1.807, 2.05) is 0 Å². The van der Waals surface area contributed by atoms with Crippen LogP contribution in [0.1, 0.15) is 50.3 Å². The maximum Gasteiger partial charge on any atom is 0.0110 e. The van der Waals surface area contributed by atoms with Crippen LogP contribution in [0.4, 0.5) is 0 Å². The molecule has 0 bridgehead atoms. The number of nitrogens with one attached hydrogen (secondary N) is 1. The van der Waals surface area contributed by atoms with Crippen molar-refractivity contribution in [2.24, 2.45) is 5.92 Å². The van der Waals surface area contributed by atoms with Crippen LogP contribution in [0.2, 0.25) is 0 Å². The van der Waals surface area contributed by atoms with Gasteiger partial charge in [0.2, 0.25) is 0 Å². The summed E-state index contributed by atoms with van der Waals surface area (Å²) in [5, 5.41) is 3.63. The van der Waals surface area contributed by atoms with Crippen LogP contribution in [0, 0.1) is 5.92 Å². The fourth-order valence-electron chi connectivity index (χ4n) is 3.13. The number of hydrogen-bond acceptors (Lipinski definition) is 1. The van der Waals surface area contributed by atoms with E-state index < -0.39 is 0 Å². The third-order valence-corrected chi connectivity index (χ3v) is 3.89. The second-order valence-electron chi connectivity index (χ2n) is 6.04. The van der Waals surface area contributed by atoms with Crippen LogP contribution in [0.25, 0.3) is 0 Å². The van der Waals surface area contributed by atoms with Crippen LogP contribution < -0.4 is 5.32 Å². The lowest BCUT2D eigenvalue weighted by Gasteiger charge is -2.20. The molecule has 0 aliphatic heterocycles. The summed E-state index contributed by atoms with van der Waals surface area (Å²) in [6, 6.07) is 7.78. The van der Waals surface area contributed by atoms with Crippen molar-refractivity contribution in [1.29, 1.82) is 0 Å². The minimum Gasteiger partial charge on any atom is -0.314 e. The highest BCUT2D eigenvalue weighted by molar-refractivity contribution is 5.35. The average molecular weight is 245 g/mol. The van der Waals surface area contributed by atoms with Crippen LogP contribution >= 0.6 is 0 Å². The first-order valence-corrected chi connectivity index (χ1v) is 7.53. The molecule has 100 valence electrons. The number of fused-ring (bicyclic) bond motifs is 1. The van der Waals surface area contributed by atoms with Crippen molar-refractivity contribution in [3.8, 4) is 0 Å². The molecule has 1 nitrogen and oxygen atoms in total. The van der Waals surface area contributed by atoms with Gasteiger partial charge in [-0.25, -0.2) is 0 Å². The smallest absolute Gasteiger partial charge is 0.0110 e. The maximum atomic E-state index is 3.63. The average Bonchev–Trinajstić information content (AvgIpc) is 2.75.